The molecule has 0 saturated carbocycles. The standard InChI is InChI=1S/C20H17ClN4O/c21-17-7-5-15(6-8-17)20(26)22-18-9-10-19(24-23-18)25-12-11-14-3-1-2-4-16(14)13-25/h1-10H,11-13H2,(H,22,23,26). The average molecular weight is 365 g/mol. The summed E-state index contributed by atoms with van der Waals surface area (Å²) < 4.78 is 0. The van der Waals surface area contributed by atoms with E-state index in [4.69, 9.17) is 11.6 Å². The first kappa shape index (κ1) is 16.5. The van der Waals surface area contributed by atoms with Crippen LogP contribution in [-0.2, 0) is 13.0 Å². The first-order valence-corrected chi connectivity index (χ1v) is 8.79. The van der Waals surface area contributed by atoms with Gasteiger partial charge in [0.1, 0.15) is 0 Å². The topological polar surface area (TPSA) is 58.1 Å². The van der Waals surface area contributed by atoms with Gasteiger partial charge in [0.2, 0.25) is 0 Å². The van der Waals surface area contributed by atoms with Gasteiger partial charge in [0.25, 0.3) is 5.91 Å². The molecule has 130 valence electrons. The Labute approximate surface area is 156 Å². The van der Waals surface area contributed by atoms with Crippen molar-refractivity contribution in [3.05, 3.63) is 82.4 Å². The minimum Gasteiger partial charge on any atom is -0.350 e. The molecule has 2 aromatic carbocycles. The number of hydrogen-bond donors (Lipinski definition) is 1. The van der Waals surface area contributed by atoms with E-state index >= 15 is 0 Å². The summed E-state index contributed by atoms with van der Waals surface area (Å²) in [5.74, 6) is 0.991. The maximum atomic E-state index is 12.2. The number of nitrogens with one attached hydrogen (secondary N) is 1. The van der Waals surface area contributed by atoms with Gasteiger partial charge in [-0.05, 0) is 53.9 Å². The van der Waals surface area contributed by atoms with Crippen LogP contribution in [0.3, 0.4) is 0 Å². The van der Waals surface area contributed by atoms with Crippen molar-refractivity contribution >= 4 is 29.1 Å². The van der Waals surface area contributed by atoms with Gasteiger partial charge in [-0.25, -0.2) is 0 Å². The van der Waals surface area contributed by atoms with E-state index in [9.17, 15) is 4.79 Å². The van der Waals surface area contributed by atoms with Gasteiger partial charge in [-0.1, -0.05) is 35.9 Å². The van der Waals surface area contributed by atoms with E-state index in [0.29, 0.717) is 16.4 Å². The van der Waals surface area contributed by atoms with Crippen LogP contribution in [0.2, 0.25) is 5.02 Å². The van der Waals surface area contributed by atoms with E-state index < -0.39 is 0 Å². The Balaban J connectivity index is 1.44. The molecule has 2 heterocycles. The number of amides is 1. The van der Waals surface area contributed by atoms with Gasteiger partial charge >= 0.3 is 0 Å². The van der Waals surface area contributed by atoms with Crippen molar-refractivity contribution in [2.75, 3.05) is 16.8 Å². The van der Waals surface area contributed by atoms with Gasteiger partial charge in [-0.3, -0.25) is 4.79 Å². The Hall–Kier alpha value is -2.92. The van der Waals surface area contributed by atoms with Crippen molar-refractivity contribution in [3.63, 3.8) is 0 Å². The van der Waals surface area contributed by atoms with Crippen molar-refractivity contribution in [2.45, 2.75) is 13.0 Å². The summed E-state index contributed by atoms with van der Waals surface area (Å²) in [4.78, 5) is 14.4. The van der Waals surface area contributed by atoms with E-state index in [1.54, 1.807) is 30.3 Å². The second kappa shape index (κ2) is 7.14. The maximum absolute atomic E-state index is 12.2. The number of rotatable bonds is 3. The lowest BCUT2D eigenvalue weighted by molar-refractivity contribution is 0.102. The summed E-state index contributed by atoms with van der Waals surface area (Å²) >= 11 is 5.84. The largest absolute Gasteiger partial charge is 0.350 e. The first-order chi connectivity index (χ1) is 12.7. The normalized spacial score (nSPS) is 13.2. The molecular formula is C20H17ClN4O. The highest BCUT2D eigenvalue weighted by atomic mass is 35.5. The zero-order chi connectivity index (χ0) is 17.9. The van der Waals surface area contributed by atoms with Crippen LogP contribution in [0.5, 0.6) is 0 Å². The van der Waals surface area contributed by atoms with Crippen molar-refractivity contribution in [2.24, 2.45) is 0 Å². The van der Waals surface area contributed by atoms with E-state index in [1.165, 1.54) is 11.1 Å². The van der Waals surface area contributed by atoms with Crippen molar-refractivity contribution in [3.8, 4) is 0 Å². The van der Waals surface area contributed by atoms with Crippen LogP contribution in [0.1, 0.15) is 21.5 Å². The molecule has 26 heavy (non-hydrogen) atoms. The smallest absolute Gasteiger partial charge is 0.256 e. The van der Waals surface area contributed by atoms with Crippen LogP contribution in [-0.4, -0.2) is 22.6 Å². The second-order valence-corrected chi connectivity index (χ2v) is 6.61. The number of halogens is 1. The molecule has 0 aliphatic carbocycles. The quantitative estimate of drug-likeness (QED) is 0.764. The van der Waals surface area contributed by atoms with Crippen LogP contribution in [0.25, 0.3) is 0 Å². The molecule has 3 aromatic rings. The van der Waals surface area contributed by atoms with Gasteiger partial charge in [-0.2, -0.15) is 0 Å². The number of aromatic nitrogens is 2. The average Bonchev–Trinajstić information content (AvgIpc) is 2.68. The monoisotopic (exact) mass is 364 g/mol. The van der Waals surface area contributed by atoms with Gasteiger partial charge in [0.15, 0.2) is 11.6 Å². The fourth-order valence-corrected chi connectivity index (χ4v) is 3.17. The number of carbonyl (C=O) groups is 1. The minimum atomic E-state index is -0.240. The third kappa shape index (κ3) is 3.53. The molecule has 1 amide bonds. The number of carbonyl (C=O) groups excluding carboxylic acids is 1. The van der Waals surface area contributed by atoms with Crippen LogP contribution < -0.4 is 10.2 Å². The molecule has 1 aliphatic rings. The fourth-order valence-electron chi connectivity index (χ4n) is 3.04. The van der Waals surface area contributed by atoms with Crippen molar-refractivity contribution < 1.29 is 4.79 Å². The molecule has 0 atom stereocenters. The Bertz CT molecular complexity index is 925. The van der Waals surface area contributed by atoms with E-state index in [-0.39, 0.29) is 5.91 Å². The molecule has 0 radical (unpaired) electrons. The predicted octanol–water partition coefficient (Wildman–Crippen LogP) is 3.95. The molecule has 5 nitrogen and oxygen atoms in total. The minimum absolute atomic E-state index is 0.240. The Kier molecular flexibility index (Phi) is 4.54. The summed E-state index contributed by atoms with van der Waals surface area (Å²) in [6.45, 7) is 1.73. The molecule has 0 unspecified atom stereocenters. The number of fused-ring (bicyclic) bond motifs is 1. The predicted molar refractivity (Wildman–Crippen MR) is 103 cm³/mol. The third-order valence-corrected chi connectivity index (χ3v) is 4.71. The molecule has 6 heteroatoms. The third-order valence-electron chi connectivity index (χ3n) is 4.45. The summed E-state index contributed by atoms with van der Waals surface area (Å²) in [6, 6.07) is 18.8. The summed E-state index contributed by atoms with van der Waals surface area (Å²) in [5, 5.41) is 11.8. The molecule has 0 fully saturated rings. The molecule has 4 rings (SSSR count). The van der Waals surface area contributed by atoms with Crippen molar-refractivity contribution in [1.29, 1.82) is 0 Å². The van der Waals surface area contributed by atoms with Gasteiger partial charge in [-0.15, -0.1) is 10.2 Å². The molecule has 1 aliphatic heterocycles. The molecule has 0 saturated heterocycles. The maximum Gasteiger partial charge on any atom is 0.256 e. The van der Waals surface area contributed by atoms with E-state index in [2.05, 4.69) is 44.7 Å². The summed E-state index contributed by atoms with van der Waals surface area (Å²) in [5.41, 5.74) is 3.23. The number of benzene rings is 2. The van der Waals surface area contributed by atoms with Gasteiger partial charge in [0.05, 0.1) is 0 Å². The lowest BCUT2D eigenvalue weighted by Gasteiger charge is -2.29. The summed E-state index contributed by atoms with van der Waals surface area (Å²) in [6.07, 6.45) is 0.993. The molecule has 0 bridgehead atoms. The molecular weight excluding hydrogens is 348 g/mol. The van der Waals surface area contributed by atoms with Crippen molar-refractivity contribution in [1.82, 2.24) is 10.2 Å². The zero-order valence-corrected chi connectivity index (χ0v) is 14.8. The number of hydrogen-bond acceptors (Lipinski definition) is 4. The van der Waals surface area contributed by atoms with Crippen LogP contribution in [0.15, 0.2) is 60.7 Å². The zero-order valence-electron chi connectivity index (χ0n) is 14.0. The fraction of sp³-hybridized carbons (Fsp3) is 0.150. The Morgan fingerprint density at radius 1 is 0.962 bits per heavy atom. The number of anilines is 2. The molecule has 1 aromatic heterocycles. The van der Waals surface area contributed by atoms with E-state index in [0.717, 1.165) is 25.3 Å². The molecule has 1 N–H and O–H groups in total. The lowest BCUT2D eigenvalue weighted by Crippen LogP contribution is -2.31. The summed E-state index contributed by atoms with van der Waals surface area (Å²) in [7, 11) is 0. The van der Waals surface area contributed by atoms with Crippen LogP contribution in [0, 0.1) is 0 Å². The lowest BCUT2D eigenvalue weighted by atomic mass is 10.00. The van der Waals surface area contributed by atoms with Gasteiger partial charge in [0, 0.05) is 23.7 Å². The van der Waals surface area contributed by atoms with Gasteiger partial charge < -0.3 is 10.2 Å². The SMILES string of the molecule is O=C(Nc1ccc(N2CCc3ccccc3C2)nn1)c1ccc(Cl)cc1. The second-order valence-electron chi connectivity index (χ2n) is 6.18. The highest BCUT2D eigenvalue weighted by Crippen LogP contribution is 2.23. The van der Waals surface area contributed by atoms with Crippen LogP contribution >= 0.6 is 11.6 Å². The Morgan fingerprint density at radius 3 is 2.46 bits per heavy atom. The Morgan fingerprint density at radius 2 is 1.73 bits per heavy atom. The molecule has 0 spiro atoms. The first-order valence-electron chi connectivity index (χ1n) is 8.41. The van der Waals surface area contributed by atoms with Crippen LogP contribution in [0.4, 0.5) is 11.6 Å². The number of nitrogens with zero attached hydrogens (tertiary/aromatic N) is 3. The highest BCUT2D eigenvalue weighted by Gasteiger charge is 2.17. The van der Waals surface area contributed by atoms with E-state index in [1.807, 2.05) is 6.07 Å². The highest BCUT2D eigenvalue weighted by molar-refractivity contribution is 6.30.